The standard InChI is InChI=1S/C8H15I/c1-8(2,3)6-4-7(9)5-6/h6-7H,4-5H2,1-3H3. The monoisotopic (exact) mass is 238 g/mol. The molecule has 0 radical (unpaired) electrons. The van der Waals surface area contributed by atoms with E-state index in [2.05, 4.69) is 43.4 Å². The zero-order valence-corrected chi connectivity index (χ0v) is 8.60. The average molecular weight is 238 g/mol. The van der Waals surface area contributed by atoms with Crippen LogP contribution in [-0.2, 0) is 0 Å². The number of hydrogen-bond donors (Lipinski definition) is 0. The highest BCUT2D eigenvalue weighted by Gasteiger charge is 2.35. The summed E-state index contributed by atoms with van der Waals surface area (Å²) in [4.78, 5) is 0. The quantitative estimate of drug-likeness (QED) is 0.449. The van der Waals surface area contributed by atoms with Crippen LogP contribution in [0.4, 0.5) is 0 Å². The predicted molar refractivity (Wildman–Crippen MR) is 50.0 cm³/mol. The Morgan fingerprint density at radius 3 is 1.78 bits per heavy atom. The van der Waals surface area contributed by atoms with Crippen molar-refractivity contribution in [3.63, 3.8) is 0 Å². The second-order valence-corrected chi connectivity index (χ2v) is 5.89. The predicted octanol–water partition coefficient (Wildman–Crippen LogP) is 3.25. The minimum absolute atomic E-state index is 0.571. The van der Waals surface area contributed by atoms with Gasteiger partial charge in [-0.3, -0.25) is 0 Å². The first-order chi connectivity index (χ1) is 4.00. The molecule has 0 amide bonds. The lowest BCUT2D eigenvalue weighted by Crippen LogP contribution is -2.33. The molecule has 0 N–H and O–H groups in total. The summed E-state index contributed by atoms with van der Waals surface area (Å²) >= 11 is 2.55. The smallest absolute Gasteiger partial charge is 0.0115 e. The Morgan fingerprint density at radius 1 is 1.22 bits per heavy atom. The summed E-state index contributed by atoms with van der Waals surface area (Å²) in [5.74, 6) is 0.999. The molecule has 1 saturated carbocycles. The Bertz CT molecular complexity index is 95.6. The van der Waals surface area contributed by atoms with Crippen molar-refractivity contribution in [3.8, 4) is 0 Å². The maximum absolute atomic E-state index is 2.55. The second kappa shape index (κ2) is 2.40. The summed E-state index contributed by atoms with van der Waals surface area (Å²) in [6.45, 7) is 7.04. The van der Waals surface area contributed by atoms with E-state index in [9.17, 15) is 0 Å². The summed E-state index contributed by atoms with van der Waals surface area (Å²) in [6, 6.07) is 0. The minimum Gasteiger partial charge on any atom is -0.0826 e. The molecule has 0 aromatic heterocycles. The fourth-order valence-corrected chi connectivity index (χ4v) is 2.48. The molecule has 0 unspecified atom stereocenters. The van der Waals surface area contributed by atoms with Gasteiger partial charge < -0.3 is 0 Å². The van der Waals surface area contributed by atoms with Crippen molar-refractivity contribution >= 4 is 22.6 Å². The molecule has 0 aromatic rings. The lowest BCUT2D eigenvalue weighted by molar-refractivity contribution is 0.153. The lowest BCUT2D eigenvalue weighted by Gasteiger charge is -2.41. The zero-order chi connectivity index (χ0) is 7.07. The van der Waals surface area contributed by atoms with E-state index in [-0.39, 0.29) is 0 Å². The van der Waals surface area contributed by atoms with Gasteiger partial charge in [-0.1, -0.05) is 43.4 Å². The third-order valence-electron chi connectivity index (χ3n) is 2.31. The lowest BCUT2D eigenvalue weighted by atomic mass is 9.68. The first kappa shape index (κ1) is 7.83. The molecule has 1 fully saturated rings. The maximum atomic E-state index is 2.55. The Kier molecular flexibility index (Phi) is 2.09. The van der Waals surface area contributed by atoms with Gasteiger partial charge >= 0.3 is 0 Å². The van der Waals surface area contributed by atoms with Crippen LogP contribution in [-0.4, -0.2) is 3.92 Å². The number of rotatable bonds is 0. The first-order valence-corrected chi connectivity index (χ1v) is 4.89. The Hall–Kier alpha value is 0.730. The maximum Gasteiger partial charge on any atom is 0.0115 e. The summed E-state index contributed by atoms with van der Waals surface area (Å²) in [7, 11) is 0. The van der Waals surface area contributed by atoms with Crippen LogP contribution >= 0.6 is 22.6 Å². The van der Waals surface area contributed by atoms with Crippen molar-refractivity contribution < 1.29 is 0 Å². The zero-order valence-electron chi connectivity index (χ0n) is 6.45. The van der Waals surface area contributed by atoms with E-state index >= 15 is 0 Å². The van der Waals surface area contributed by atoms with Crippen LogP contribution in [0.3, 0.4) is 0 Å². The van der Waals surface area contributed by atoms with Crippen molar-refractivity contribution in [3.05, 3.63) is 0 Å². The summed E-state index contributed by atoms with van der Waals surface area (Å²) in [5.41, 5.74) is 0.571. The minimum atomic E-state index is 0.571. The van der Waals surface area contributed by atoms with Crippen molar-refractivity contribution in [2.75, 3.05) is 0 Å². The van der Waals surface area contributed by atoms with Gasteiger partial charge in [0.15, 0.2) is 0 Å². The number of alkyl halides is 1. The van der Waals surface area contributed by atoms with E-state index in [1.54, 1.807) is 0 Å². The topological polar surface area (TPSA) is 0 Å². The largest absolute Gasteiger partial charge is 0.0826 e. The molecule has 54 valence electrons. The first-order valence-electron chi connectivity index (χ1n) is 3.64. The van der Waals surface area contributed by atoms with Crippen LogP contribution < -0.4 is 0 Å². The summed E-state index contributed by atoms with van der Waals surface area (Å²) in [6.07, 6.45) is 2.90. The fourth-order valence-electron chi connectivity index (χ4n) is 1.26. The fraction of sp³-hybridized carbons (Fsp3) is 1.00. The molecule has 1 aliphatic rings. The molecule has 0 heterocycles. The van der Waals surface area contributed by atoms with E-state index in [0.717, 1.165) is 9.84 Å². The van der Waals surface area contributed by atoms with Crippen LogP contribution in [0.5, 0.6) is 0 Å². The molecule has 0 saturated heterocycles. The summed E-state index contributed by atoms with van der Waals surface area (Å²) in [5, 5.41) is 0. The third kappa shape index (κ3) is 1.82. The van der Waals surface area contributed by atoms with Crippen LogP contribution in [0.25, 0.3) is 0 Å². The van der Waals surface area contributed by atoms with Crippen LogP contribution in [0.1, 0.15) is 33.6 Å². The van der Waals surface area contributed by atoms with Crippen molar-refractivity contribution in [2.24, 2.45) is 11.3 Å². The molecular formula is C8H15I. The van der Waals surface area contributed by atoms with Crippen molar-refractivity contribution in [2.45, 2.75) is 37.5 Å². The molecule has 1 rings (SSSR count). The van der Waals surface area contributed by atoms with Crippen LogP contribution in [0.2, 0.25) is 0 Å². The molecule has 0 aliphatic heterocycles. The van der Waals surface area contributed by atoms with E-state index in [0.29, 0.717) is 5.41 Å². The van der Waals surface area contributed by atoms with E-state index in [1.807, 2.05) is 0 Å². The number of halogens is 1. The highest BCUT2D eigenvalue weighted by Crippen LogP contribution is 2.44. The van der Waals surface area contributed by atoms with Crippen molar-refractivity contribution in [1.82, 2.24) is 0 Å². The highest BCUT2D eigenvalue weighted by molar-refractivity contribution is 14.1. The molecule has 1 heteroatoms. The van der Waals surface area contributed by atoms with E-state index < -0.39 is 0 Å². The molecular weight excluding hydrogens is 223 g/mol. The highest BCUT2D eigenvalue weighted by atomic mass is 127. The van der Waals surface area contributed by atoms with E-state index in [1.165, 1.54) is 12.8 Å². The molecule has 0 spiro atoms. The van der Waals surface area contributed by atoms with Crippen molar-refractivity contribution in [1.29, 1.82) is 0 Å². The molecule has 0 bridgehead atoms. The van der Waals surface area contributed by atoms with Gasteiger partial charge in [0.2, 0.25) is 0 Å². The summed E-state index contributed by atoms with van der Waals surface area (Å²) < 4.78 is 0.979. The average Bonchev–Trinajstić information content (AvgIpc) is 1.55. The molecule has 0 atom stereocenters. The Labute approximate surface area is 71.5 Å². The van der Waals surface area contributed by atoms with Gasteiger partial charge in [-0.25, -0.2) is 0 Å². The van der Waals surface area contributed by atoms with Crippen LogP contribution in [0, 0.1) is 11.3 Å². The molecule has 9 heavy (non-hydrogen) atoms. The van der Waals surface area contributed by atoms with Gasteiger partial charge in [-0.05, 0) is 24.2 Å². The van der Waals surface area contributed by atoms with Crippen LogP contribution in [0.15, 0.2) is 0 Å². The van der Waals surface area contributed by atoms with E-state index in [4.69, 9.17) is 0 Å². The van der Waals surface area contributed by atoms with Gasteiger partial charge in [-0.2, -0.15) is 0 Å². The Balaban J connectivity index is 2.32. The Morgan fingerprint density at radius 2 is 1.67 bits per heavy atom. The molecule has 0 nitrogen and oxygen atoms in total. The van der Waals surface area contributed by atoms with Gasteiger partial charge in [0.05, 0.1) is 0 Å². The van der Waals surface area contributed by atoms with Gasteiger partial charge in [0, 0.05) is 3.92 Å². The third-order valence-corrected chi connectivity index (χ3v) is 3.32. The van der Waals surface area contributed by atoms with Gasteiger partial charge in [0.25, 0.3) is 0 Å². The second-order valence-electron chi connectivity index (χ2n) is 4.13. The SMILES string of the molecule is CC(C)(C)C1CC(I)C1. The molecule has 0 aromatic carbocycles. The number of hydrogen-bond acceptors (Lipinski definition) is 0. The molecule has 1 aliphatic carbocycles. The normalized spacial score (nSPS) is 36.0. The van der Waals surface area contributed by atoms with Gasteiger partial charge in [0.1, 0.15) is 0 Å². The van der Waals surface area contributed by atoms with Gasteiger partial charge in [-0.15, -0.1) is 0 Å².